The minimum absolute atomic E-state index is 0.0440. The molecule has 0 aliphatic heterocycles. The summed E-state index contributed by atoms with van der Waals surface area (Å²) >= 11 is 0. The van der Waals surface area contributed by atoms with Crippen molar-refractivity contribution in [2.45, 2.75) is 142 Å². The minimum atomic E-state index is -4.51. The summed E-state index contributed by atoms with van der Waals surface area (Å²) in [6.45, 7) is 0.0828. The molecule has 11 N–H and O–H groups in total. The van der Waals surface area contributed by atoms with Crippen LogP contribution in [0.25, 0.3) is 0 Å². The fourth-order valence-electron chi connectivity index (χ4n) is 10.7. The number of carbonyl (C=O) groups excluding carboxylic acids is 4. The van der Waals surface area contributed by atoms with Crippen LogP contribution in [0.4, 0.5) is 0 Å². The molecule has 48 heteroatoms. The molecule has 0 atom stereocenters. The van der Waals surface area contributed by atoms with E-state index in [9.17, 15) is 123 Å². The quantitative estimate of drug-likeness (QED) is 0.0256. The van der Waals surface area contributed by atoms with E-state index < -0.39 is 190 Å². The third kappa shape index (κ3) is 46.5. The fourth-order valence-corrected chi connectivity index (χ4v) is 14.6. The topological polar surface area (TPSA) is 622 Å². The number of hydrogen-bond acceptors (Lipinski definition) is 29. The van der Waals surface area contributed by atoms with Crippen LogP contribution in [0.1, 0.15) is 173 Å². The summed E-state index contributed by atoms with van der Waals surface area (Å²) in [7, 11) is -35.9. The molecule has 0 bridgehead atoms. The monoisotopic (exact) mass is 1770 g/mol. The van der Waals surface area contributed by atoms with Crippen molar-refractivity contribution in [3.05, 3.63) is 53.1 Å². The molecule has 3 aromatic carbocycles. The molecule has 0 saturated carbocycles. The van der Waals surface area contributed by atoms with Gasteiger partial charge in [0, 0.05) is 49.2 Å². The van der Waals surface area contributed by atoms with E-state index in [0.29, 0.717) is 25.7 Å². The molecule has 113 heavy (non-hydrogen) atoms. The van der Waals surface area contributed by atoms with Gasteiger partial charge < -0.3 is 58.6 Å². The Morgan fingerprint density at radius 2 is 0.487 bits per heavy atom. The average molecular weight is 1780 g/mol. The highest BCUT2D eigenvalue weighted by Crippen LogP contribution is 2.44. The van der Waals surface area contributed by atoms with E-state index in [1.807, 2.05) is 13.8 Å². The predicted octanol–water partition coefficient (Wildman–Crippen LogP) is 5.19. The highest BCUT2D eigenvalue weighted by atomic mass is 32.2. The lowest BCUT2D eigenvalue weighted by Gasteiger charge is -2.34. The number of carbonyl (C=O) groups is 4. The first-order valence-electron chi connectivity index (χ1n) is 35.7. The van der Waals surface area contributed by atoms with Crippen LogP contribution in [0, 0.1) is 5.41 Å². The Morgan fingerprint density at radius 3 is 0.681 bits per heavy atom. The Hall–Kier alpha value is -6.78. The molecule has 0 unspecified atom stereocenters. The Bertz CT molecular complexity index is 4150. The maximum Gasteiger partial charge on any atom is 0.264 e. The fraction of sp³-hybridized carbons (Fsp3) is 0.662. The van der Waals surface area contributed by atoms with Gasteiger partial charge in [0.2, 0.25) is 17.2 Å². The zero-order valence-electron chi connectivity index (χ0n) is 62.4. The molecule has 0 aliphatic carbocycles. The van der Waals surface area contributed by atoms with Crippen molar-refractivity contribution in [2.24, 2.45) is 5.41 Å². The lowest BCUT2D eigenvalue weighted by atomic mass is 9.71. The van der Waals surface area contributed by atoms with E-state index in [2.05, 4.69) is 16.0 Å². The largest absolute Gasteiger partial charge is 0.489 e. The molecular formula is C65H103N3O37S8. The summed E-state index contributed by atoms with van der Waals surface area (Å²) < 4.78 is 313. The first kappa shape index (κ1) is 100. The van der Waals surface area contributed by atoms with Crippen LogP contribution in [0.2, 0.25) is 0 Å². The summed E-state index contributed by atoms with van der Waals surface area (Å²) in [6.07, 6.45) is 0.611. The third-order valence-electron chi connectivity index (χ3n) is 15.9. The smallest absolute Gasteiger partial charge is 0.264 e. The van der Waals surface area contributed by atoms with E-state index >= 15 is 0 Å². The standard InChI is InChI=1S/C65H103N3O37S8/c1-3-5-18-52(69)48-65(19-7-22-66-62(70)49-42-53(97-26-10-34-106(73,74)75)59(103-25-6-4-2)54(43-49)98-27-11-35-107(76,77)78,20-8-23-67-63(71)50-44-55(99-28-12-36-108(79,80)81)60(104-32-16-40-112(91,92)93)56(45-50)100-29-13-37-109(82,83)84)21-9-24-68-64(72)51-46-57(101-30-14-38-110(85,86)87)61(105-33-17-41-113(94,95)96)58(47-51)102-31-15-39-111(88,89)90/h42-47H,3-41,48H2,1-2H3,(H,66,70)(H,67,71)(H,68,72)(H,73,74,75)(H,76,77,78)(H,79,80,81)(H,82,83,84)(H,85,86,87)(H,88,89,90)(H,91,92,93)(H,94,95,96). The van der Waals surface area contributed by atoms with E-state index in [-0.39, 0.29) is 216 Å². The first-order valence-corrected chi connectivity index (χ1v) is 48.6. The number of Topliss-reactive ketones (excluding diaryl/α,β-unsaturated/α-hetero) is 1. The number of ketones is 1. The second kappa shape index (κ2) is 48.7. The second-order valence-corrected chi connectivity index (χ2v) is 38.5. The Kier molecular flexibility index (Phi) is 43.3. The van der Waals surface area contributed by atoms with E-state index in [4.69, 9.17) is 42.6 Å². The van der Waals surface area contributed by atoms with Crippen molar-refractivity contribution in [3.63, 3.8) is 0 Å². The molecule has 0 fully saturated rings. The van der Waals surface area contributed by atoms with Crippen LogP contribution in [-0.2, 0) is 85.7 Å². The van der Waals surface area contributed by atoms with Gasteiger partial charge in [0.1, 0.15) is 5.78 Å². The van der Waals surface area contributed by atoms with E-state index in [0.717, 1.165) is 24.3 Å². The average Bonchev–Trinajstić information content (AvgIpc) is 0.833. The van der Waals surface area contributed by atoms with Gasteiger partial charge in [-0.2, -0.15) is 67.3 Å². The van der Waals surface area contributed by atoms with Crippen molar-refractivity contribution in [1.29, 1.82) is 0 Å². The van der Waals surface area contributed by atoms with Gasteiger partial charge in [-0.25, -0.2) is 0 Å². The Balaban J connectivity index is 2.21. The van der Waals surface area contributed by atoms with Gasteiger partial charge in [0.15, 0.2) is 34.5 Å². The van der Waals surface area contributed by atoms with Crippen LogP contribution in [0.3, 0.4) is 0 Å². The lowest BCUT2D eigenvalue weighted by molar-refractivity contribution is -0.122. The maximum atomic E-state index is 14.3. The molecule has 0 aliphatic rings. The van der Waals surface area contributed by atoms with Crippen molar-refractivity contribution >= 4 is 104 Å². The number of unbranched alkanes of at least 4 members (excludes halogenated alkanes) is 2. The van der Waals surface area contributed by atoms with Gasteiger partial charge in [0.05, 0.1) is 105 Å². The van der Waals surface area contributed by atoms with Crippen LogP contribution in [0.15, 0.2) is 36.4 Å². The highest BCUT2D eigenvalue weighted by Gasteiger charge is 2.33. The molecule has 0 spiro atoms. The Morgan fingerprint density at radius 1 is 0.292 bits per heavy atom. The van der Waals surface area contributed by atoms with E-state index in [1.165, 1.54) is 12.1 Å². The number of amides is 3. The zero-order valence-corrected chi connectivity index (χ0v) is 69.0. The highest BCUT2D eigenvalue weighted by molar-refractivity contribution is 7.87. The molecule has 648 valence electrons. The summed E-state index contributed by atoms with van der Waals surface area (Å²) in [5.41, 5.74) is -1.58. The summed E-state index contributed by atoms with van der Waals surface area (Å²) in [4.78, 5) is 57.2. The van der Waals surface area contributed by atoms with Crippen molar-refractivity contribution < 1.29 is 166 Å². The second-order valence-electron chi connectivity index (χ2n) is 25.9. The SMILES string of the molecule is CCCCOc1c(OCCCS(=O)(=O)O)cc(C(=O)NCCCC(CCCNC(=O)c2cc(OCCCS(=O)(=O)O)c(OCCCS(=O)(=O)O)c(OCCCS(=O)(=O)O)c2)(CCCNC(=O)c2cc(OCCCS(=O)(=O)O)c(OCCCS(=O)(=O)O)c(OCCCS(=O)(=O)O)c2)CC(=O)CCCC)cc1OCCCS(=O)(=O)O. The zero-order chi connectivity index (χ0) is 84.7. The number of ether oxygens (including phenoxy) is 9. The maximum absolute atomic E-state index is 14.3. The first-order chi connectivity index (χ1) is 52.6. The minimum Gasteiger partial charge on any atom is -0.489 e. The van der Waals surface area contributed by atoms with Crippen molar-refractivity contribution in [1.82, 2.24) is 16.0 Å². The summed E-state index contributed by atoms with van der Waals surface area (Å²) in [5, 5.41) is 8.37. The lowest BCUT2D eigenvalue weighted by Crippen LogP contribution is -2.32. The molecule has 3 rings (SSSR count). The molecule has 40 nitrogen and oxygen atoms in total. The van der Waals surface area contributed by atoms with E-state index in [1.54, 1.807) is 0 Å². The van der Waals surface area contributed by atoms with Crippen LogP contribution >= 0.6 is 0 Å². The molecule has 0 aromatic heterocycles. The third-order valence-corrected chi connectivity index (χ3v) is 22.3. The van der Waals surface area contributed by atoms with Gasteiger partial charge in [0.25, 0.3) is 98.7 Å². The molecule has 3 amide bonds. The summed E-state index contributed by atoms with van der Waals surface area (Å²) in [5.74, 6) is -10.7. The van der Waals surface area contributed by atoms with Crippen molar-refractivity contribution in [3.8, 4) is 51.7 Å². The number of rotatable bonds is 64. The molecule has 0 saturated heterocycles. The van der Waals surface area contributed by atoms with Crippen LogP contribution in [-0.4, -0.2) is 252 Å². The number of benzene rings is 3. The van der Waals surface area contributed by atoms with Gasteiger partial charge in [-0.1, -0.05) is 26.7 Å². The van der Waals surface area contributed by atoms with Gasteiger partial charge in [-0.15, -0.1) is 0 Å². The van der Waals surface area contributed by atoms with Crippen LogP contribution in [0.5, 0.6) is 51.7 Å². The van der Waals surface area contributed by atoms with Gasteiger partial charge >= 0.3 is 0 Å². The van der Waals surface area contributed by atoms with Crippen molar-refractivity contribution in [2.75, 3.05) is 125 Å². The summed E-state index contributed by atoms with van der Waals surface area (Å²) in [6, 6.07) is 7.14. The van der Waals surface area contributed by atoms with Crippen LogP contribution < -0.4 is 58.6 Å². The van der Waals surface area contributed by atoms with Gasteiger partial charge in [-0.3, -0.25) is 55.6 Å². The number of hydrogen-bond donors (Lipinski definition) is 11. The predicted molar refractivity (Wildman–Crippen MR) is 408 cm³/mol. The molecular weight excluding hydrogens is 1670 g/mol. The Labute approximate surface area is 659 Å². The normalized spacial score (nSPS) is 12.5. The molecule has 0 heterocycles. The molecule has 3 aromatic rings. The van der Waals surface area contributed by atoms with Gasteiger partial charge in [-0.05, 0) is 145 Å². The number of nitrogens with one attached hydrogen (secondary N) is 3. The molecule has 0 radical (unpaired) electrons.